The third kappa shape index (κ3) is 5.12. The van der Waals surface area contributed by atoms with Crippen molar-refractivity contribution in [2.24, 2.45) is 0 Å². The molecule has 0 aliphatic heterocycles. The van der Waals surface area contributed by atoms with Crippen LogP contribution in [0, 0.1) is 0 Å². The van der Waals surface area contributed by atoms with E-state index < -0.39 is 0 Å². The van der Waals surface area contributed by atoms with Gasteiger partial charge in [-0.3, -0.25) is 19.4 Å². The fraction of sp³-hybridized carbons (Fsp3) is 0.222. The lowest BCUT2D eigenvalue weighted by Crippen LogP contribution is -2.27. The van der Waals surface area contributed by atoms with Crippen LogP contribution in [-0.4, -0.2) is 36.3 Å². The number of carbonyl (C=O) groups excluding carboxylic acids is 3. The monoisotopic (exact) mass is 360 g/mol. The first-order valence-corrected chi connectivity index (χ1v) is 8.08. The summed E-state index contributed by atoms with van der Waals surface area (Å²) in [7, 11) is 0. The molecule has 130 valence electrons. The molecule has 1 amide bonds. The summed E-state index contributed by atoms with van der Waals surface area (Å²) < 4.78 is 4.78. The summed E-state index contributed by atoms with van der Waals surface area (Å²) in [6.45, 7) is 2.20. The van der Waals surface area contributed by atoms with Gasteiger partial charge < -0.3 is 10.1 Å². The van der Waals surface area contributed by atoms with Crippen molar-refractivity contribution in [1.82, 2.24) is 10.3 Å². The molecule has 7 heteroatoms. The molecule has 1 heterocycles. The average molecular weight is 361 g/mol. The average Bonchev–Trinajstić information content (AvgIpc) is 2.62. The van der Waals surface area contributed by atoms with Gasteiger partial charge in [-0.15, -0.1) is 0 Å². The zero-order chi connectivity index (χ0) is 18.2. The highest BCUT2D eigenvalue weighted by molar-refractivity contribution is 6.31. The van der Waals surface area contributed by atoms with Gasteiger partial charge in [0, 0.05) is 28.9 Å². The highest BCUT2D eigenvalue weighted by Gasteiger charge is 2.10. The van der Waals surface area contributed by atoms with Gasteiger partial charge in [0.2, 0.25) is 0 Å². The van der Waals surface area contributed by atoms with E-state index in [1.54, 1.807) is 37.3 Å². The summed E-state index contributed by atoms with van der Waals surface area (Å²) in [5.41, 5.74) is 2.04. The molecular weight excluding hydrogens is 344 g/mol. The number of hydrogen-bond acceptors (Lipinski definition) is 5. The molecule has 2 rings (SSSR count). The number of rotatable bonds is 7. The molecule has 2 aromatic rings. The summed E-state index contributed by atoms with van der Waals surface area (Å²) in [5, 5.41) is 3.07. The second-order valence-corrected chi connectivity index (χ2v) is 5.53. The van der Waals surface area contributed by atoms with E-state index in [9.17, 15) is 14.4 Å². The molecule has 0 saturated carbocycles. The van der Waals surface area contributed by atoms with Crippen LogP contribution >= 0.6 is 11.6 Å². The van der Waals surface area contributed by atoms with Crippen LogP contribution in [0.3, 0.4) is 0 Å². The number of carbonyl (C=O) groups is 3. The summed E-state index contributed by atoms with van der Waals surface area (Å²) in [5.74, 6) is -0.752. The van der Waals surface area contributed by atoms with Gasteiger partial charge in [-0.1, -0.05) is 23.7 Å². The second kappa shape index (κ2) is 8.94. The lowest BCUT2D eigenvalue weighted by molar-refractivity contribution is -0.142. The van der Waals surface area contributed by atoms with E-state index in [1.165, 1.54) is 6.20 Å². The van der Waals surface area contributed by atoms with Gasteiger partial charge in [0.25, 0.3) is 5.91 Å². The van der Waals surface area contributed by atoms with Crippen LogP contribution in [0.4, 0.5) is 0 Å². The van der Waals surface area contributed by atoms with Gasteiger partial charge in [-0.25, -0.2) is 0 Å². The van der Waals surface area contributed by atoms with Crippen molar-refractivity contribution >= 4 is 29.8 Å². The molecule has 6 nitrogen and oxygen atoms in total. The summed E-state index contributed by atoms with van der Waals surface area (Å²) in [6, 6.07) is 8.23. The van der Waals surface area contributed by atoms with Crippen LogP contribution in [0.5, 0.6) is 0 Å². The summed E-state index contributed by atoms with van der Waals surface area (Å²) in [4.78, 5) is 38.5. The molecule has 0 radical (unpaired) electrons. The Morgan fingerprint density at radius 2 is 2.08 bits per heavy atom. The lowest BCUT2D eigenvalue weighted by Gasteiger charge is -2.07. The number of halogens is 1. The van der Waals surface area contributed by atoms with E-state index in [2.05, 4.69) is 10.3 Å². The summed E-state index contributed by atoms with van der Waals surface area (Å²) >= 11 is 5.88. The maximum atomic E-state index is 12.0. The standard InChI is InChI=1S/C18H17ClN2O4/c1-2-25-17(23)7-8-20-18(24)16-6-3-12(10-21-16)15-5-4-14(19)9-13(15)11-22/h3-6,9-11H,2,7-8H2,1H3,(H,20,24). The fourth-order valence-electron chi connectivity index (χ4n) is 2.18. The molecule has 0 atom stereocenters. The fourth-order valence-corrected chi connectivity index (χ4v) is 2.36. The van der Waals surface area contributed by atoms with Crippen LogP contribution in [0.15, 0.2) is 36.5 Å². The lowest BCUT2D eigenvalue weighted by atomic mass is 10.0. The Labute approximate surface area is 150 Å². The molecular formula is C18H17ClN2O4. The molecule has 0 bridgehead atoms. The number of ether oxygens (including phenoxy) is 1. The third-order valence-electron chi connectivity index (χ3n) is 3.37. The van der Waals surface area contributed by atoms with E-state index in [0.717, 1.165) is 6.29 Å². The van der Waals surface area contributed by atoms with Crippen molar-refractivity contribution in [3.05, 3.63) is 52.8 Å². The highest BCUT2D eigenvalue weighted by Crippen LogP contribution is 2.25. The SMILES string of the molecule is CCOC(=O)CCNC(=O)c1ccc(-c2ccc(Cl)cc2C=O)cn1. The minimum Gasteiger partial charge on any atom is -0.466 e. The van der Waals surface area contributed by atoms with Crippen LogP contribution in [0.2, 0.25) is 5.02 Å². The normalized spacial score (nSPS) is 10.2. The molecule has 0 fully saturated rings. The number of benzene rings is 1. The number of nitrogens with one attached hydrogen (secondary N) is 1. The largest absolute Gasteiger partial charge is 0.466 e. The number of nitrogens with zero attached hydrogens (tertiary/aromatic N) is 1. The Hall–Kier alpha value is -2.73. The highest BCUT2D eigenvalue weighted by atomic mass is 35.5. The first kappa shape index (κ1) is 18.6. The molecule has 0 spiro atoms. The zero-order valence-corrected chi connectivity index (χ0v) is 14.4. The molecule has 1 aromatic heterocycles. The van der Waals surface area contributed by atoms with E-state index in [0.29, 0.717) is 28.3 Å². The van der Waals surface area contributed by atoms with Crippen molar-refractivity contribution in [3.8, 4) is 11.1 Å². The molecule has 0 aliphatic rings. The van der Waals surface area contributed by atoms with E-state index in [4.69, 9.17) is 16.3 Å². The van der Waals surface area contributed by atoms with Gasteiger partial charge in [0.15, 0.2) is 6.29 Å². The first-order chi connectivity index (χ1) is 12.0. The van der Waals surface area contributed by atoms with Crippen molar-refractivity contribution in [2.45, 2.75) is 13.3 Å². The Morgan fingerprint density at radius 1 is 1.28 bits per heavy atom. The number of aldehydes is 1. The zero-order valence-electron chi connectivity index (χ0n) is 13.6. The quantitative estimate of drug-likeness (QED) is 0.606. The molecule has 0 saturated heterocycles. The minimum atomic E-state index is -0.387. The Balaban J connectivity index is 2.03. The van der Waals surface area contributed by atoms with E-state index in [1.807, 2.05) is 0 Å². The smallest absolute Gasteiger partial charge is 0.307 e. The van der Waals surface area contributed by atoms with Gasteiger partial charge in [0.1, 0.15) is 5.69 Å². The molecule has 1 N–H and O–H groups in total. The van der Waals surface area contributed by atoms with Crippen molar-refractivity contribution in [3.63, 3.8) is 0 Å². The van der Waals surface area contributed by atoms with Crippen molar-refractivity contribution in [2.75, 3.05) is 13.2 Å². The Kier molecular flexibility index (Phi) is 6.65. The minimum absolute atomic E-state index is 0.102. The van der Waals surface area contributed by atoms with Gasteiger partial charge >= 0.3 is 5.97 Å². The molecule has 0 aliphatic carbocycles. The Bertz CT molecular complexity index is 775. The number of hydrogen-bond donors (Lipinski definition) is 1. The van der Waals surface area contributed by atoms with Crippen LogP contribution in [-0.2, 0) is 9.53 Å². The number of amides is 1. The first-order valence-electron chi connectivity index (χ1n) is 7.70. The topological polar surface area (TPSA) is 85.4 Å². The molecule has 25 heavy (non-hydrogen) atoms. The third-order valence-corrected chi connectivity index (χ3v) is 3.60. The molecule has 1 aromatic carbocycles. The van der Waals surface area contributed by atoms with Gasteiger partial charge in [-0.05, 0) is 30.7 Å². The van der Waals surface area contributed by atoms with Crippen molar-refractivity contribution in [1.29, 1.82) is 0 Å². The number of pyridine rings is 1. The molecule has 0 unspecified atom stereocenters. The van der Waals surface area contributed by atoms with E-state index >= 15 is 0 Å². The predicted octanol–water partition coefficient (Wildman–Crippen LogP) is 2.90. The van der Waals surface area contributed by atoms with E-state index in [-0.39, 0.29) is 30.5 Å². The van der Waals surface area contributed by atoms with Crippen LogP contribution in [0.1, 0.15) is 34.2 Å². The van der Waals surface area contributed by atoms with Crippen LogP contribution in [0.25, 0.3) is 11.1 Å². The number of aromatic nitrogens is 1. The Morgan fingerprint density at radius 3 is 2.72 bits per heavy atom. The maximum Gasteiger partial charge on any atom is 0.307 e. The van der Waals surface area contributed by atoms with Gasteiger partial charge in [-0.2, -0.15) is 0 Å². The van der Waals surface area contributed by atoms with Crippen molar-refractivity contribution < 1.29 is 19.1 Å². The second-order valence-electron chi connectivity index (χ2n) is 5.09. The summed E-state index contributed by atoms with van der Waals surface area (Å²) in [6.07, 6.45) is 2.33. The maximum absolute atomic E-state index is 12.0. The van der Waals surface area contributed by atoms with Crippen LogP contribution < -0.4 is 5.32 Å². The van der Waals surface area contributed by atoms with Gasteiger partial charge in [0.05, 0.1) is 13.0 Å². The number of esters is 1. The predicted molar refractivity (Wildman–Crippen MR) is 93.7 cm³/mol.